The van der Waals surface area contributed by atoms with Crippen molar-refractivity contribution in [3.63, 3.8) is 0 Å². The molecule has 0 radical (unpaired) electrons. The molecule has 1 aliphatic heterocycles. The Morgan fingerprint density at radius 1 is 1.67 bits per heavy atom. The fourth-order valence-corrected chi connectivity index (χ4v) is 1.92. The molecular weight excluding hydrogens is 239 g/mol. The van der Waals surface area contributed by atoms with Crippen molar-refractivity contribution in [3.8, 4) is 11.8 Å². The smallest absolute Gasteiger partial charge is 0.479 e. The van der Waals surface area contributed by atoms with Crippen LogP contribution in [-0.2, 0) is 4.65 Å². The molecule has 0 saturated carbocycles. The van der Waals surface area contributed by atoms with Gasteiger partial charge in [0.05, 0.1) is 0 Å². The van der Waals surface area contributed by atoms with E-state index in [2.05, 4.69) is 0 Å². The maximum atomic E-state index is 10.5. The van der Waals surface area contributed by atoms with Gasteiger partial charge in [0.2, 0.25) is 6.54 Å². The minimum Gasteiger partial charge on any atom is -0.479 e. The average molecular weight is 248 g/mol. The van der Waals surface area contributed by atoms with Gasteiger partial charge in [-0.15, -0.1) is 0 Å². The van der Waals surface area contributed by atoms with Crippen LogP contribution in [-0.4, -0.2) is 30.2 Å². The molecular formula is C10H9BN2O5. The van der Waals surface area contributed by atoms with E-state index in [1.165, 1.54) is 0 Å². The minimum atomic E-state index is -1.26. The summed E-state index contributed by atoms with van der Waals surface area (Å²) in [6, 6.07) is 6.67. The van der Waals surface area contributed by atoms with Crippen molar-refractivity contribution in [2.45, 2.75) is 6.10 Å². The van der Waals surface area contributed by atoms with E-state index < -0.39 is 24.7 Å². The zero-order valence-electron chi connectivity index (χ0n) is 9.28. The van der Waals surface area contributed by atoms with Gasteiger partial charge in [-0.05, 0) is 11.6 Å². The number of hydrogen-bond acceptors (Lipinski definition) is 6. The van der Waals surface area contributed by atoms with Crippen LogP contribution < -0.4 is 10.2 Å². The normalized spacial score (nSPS) is 17.1. The van der Waals surface area contributed by atoms with Gasteiger partial charge in [-0.3, -0.25) is 10.1 Å². The third-order valence-corrected chi connectivity index (χ3v) is 2.59. The highest BCUT2D eigenvalue weighted by Crippen LogP contribution is 2.27. The summed E-state index contributed by atoms with van der Waals surface area (Å²) in [5.74, 6) is 0.312. The number of benzene rings is 1. The highest BCUT2D eigenvalue weighted by molar-refractivity contribution is 6.62. The van der Waals surface area contributed by atoms with E-state index in [0.29, 0.717) is 16.8 Å². The largest absolute Gasteiger partial charge is 0.496 e. The zero-order chi connectivity index (χ0) is 13.1. The topological polar surface area (TPSA) is 106 Å². The van der Waals surface area contributed by atoms with E-state index in [0.717, 1.165) is 0 Å². The van der Waals surface area contributed by atoms with Gasteiger partial charge in [0.1, 0.15) is 17.9 Å². The van der Waals surface area contributed by atoms with Crippen LogP contribution in [0.1, 0.15) is 11.7 Å². The fourth-order valence-electron chi connectivity index (χ4n) is 1.92. The standard InChI is InChI=1S/C10H9BN2O5/c12-4-5-17-8-3-1-2-7-9(6-13(15)16)18-11(14)10(7)8/h1-3,9,14H,5-6H2. The van der Waals surface area contributed by atoms with Crippen LogP contribution in [0.5, 0.6) is 5.75 Å². The van der Waals surface area contributed by atoms with Crippen molar-refractivity contribution < 1.29 is 19.3 Å². The number of nitro groups is 1. The SMILES string of the molecule is N#CCOc1cccc2c1B(O)OC2C[N+](=O)[O-]. The Morgan fingerprint density at radius 3 is 3.11 bits per heavy atom. The zero-order valence-corrected chi connectivity index (χ0v) is 9.28. The Kier molecular flexibility index (Phi) is 3.46. The second-order valence-electron chi connectivity index (χ2n) is 3.70. The summed E-state index contributed by atoms with van der Waals surface area (Å²) >= 11 is 0. The maximum absolute atomic E-state index is 10.5. The Balaban J connectivity index is 2.32. The summed E-state index contributed by atoms with van der Waals surface area (Å²) in [6.07, 6.45) is -0.796. The molecule has 0 aromatic heterocycles. The molecule has 0 amide bonds. The van der Waals surface area contributed by atoms with Gasteiger partial charge in [0.25, 0.3) is 0 Å². The van der Waals surface area contributed by atoms with Crippen LogP contribution in [0.4, 0.5) is 0 Å². The molecule has 0 spiro atoms. The van der Waals surface area contributed by atoms with E-state index in [1.54, 1.807) is 18.2 Å². The molecule has 1 aromatic rings. The van der Waals surface area contributed by atoms with Gasteiger partial charge < -0.3 is 14.4 Å². The van der Waals surface area contributed by atoms with Crippen LogP contribution in [0.2, 0.25) is 0 Å². The monoisotopic (exact) mass is 248 g/mol. The van der Waals surface area contributed by atoms with E-state index in [1.807, 2.05) is 6.07 Å². The van der Waals surface area contributed by atoms with E-state index >= 15 is 0 Å². The van der Waals surface area contributed by atoms with Crippen molar-refractivity contribution in [2.75, 3.05) is 13.2 Å². The summed E-state index contributed by atoms with van der Waals surface area (Å²) < 4.78 is 10.3. The third kappa shape index (κ3) is 2.27. The molecule has 1 aliphatic rings. The van der Waals surface area contributed by atoms with Gasteiger partial charge in [-0.25, -0.2) is 0 Å². The quantitative estimate of drug-likeness (QED) is 0.442. The molecule has 1 atom stereocenters. The molecule has 7 nitrogen and oxygen atoms in total. The summed E-state index contributed by atoms with van der Waals surface area (Å²) in [5.41, 5.74) is 0.884. The Hall–Kier alpha value is -2.11. The lowest BCUT2D eigenvalue weighted by Crippen LogP contribution is -2.30. The molecule has 1 heterocycles. The highest BCUT2D eigenvalue weighted by Gasteiger charge is 2.40. The molecule has 8 heteroatoms. The van der Waals surface area contributed by atoms with Gasteiger partial charge in [0.15, 0.2) is 6.61 Å². The Bertz CT molecular complexity index is 515. The summed E-state index contributed by atoms with van der Waals surface area (Å²) in [5, 5.41) is 28.7. The number of hydrogen-bond donors (Lipinski definition) is 1. The van der Waals surface area contributed by atoms with Crippen LogP contribution in [0.25, 0.3) is 0 Å². The summed E-state index contributed by atoms with van der Waals surface area (Å²) in [6.45, 7) is -0.588. The lowest BCUT2D eigenvalue weighted by atomic mass is 9.78. The van der Waals surface area contributed by atoms with Crippen molar-refractivity contribution >= 4 is 12.6 Å². The molecule has 0 bridgehead atoms. The molecule has 0 aliphatic carbocycles. The first-order valence-corrected chi connectivity index (χ1v) is 5.21. The molecule has 1 unspecified atom stereocenters. The second kappa shape index (κ2) is 5.04. The van der Waals surface area contributed by atoms with Crippen LogP contribution in [0.3, 0.4) is 0 Å². The van der Waals surface area contributed by atoms with Crippen molar-refractivity contribution in [1.29, 1.82) is 5.26 Å². The average Bonchev–Trinajstić information content (AvgIpc) is 2.64. The number of ether oxygens (including phenoxy) is 1. The van der Waals surface area contributed by atoms with Crippen molar-refractivity contribution in [3.05, 3.63) is 33.9 Å². The Labute approximate surface area is 103 Å². The van der Waals surface area contributed by atoms with E-state index in [-0.39, 0.29) is 6.61 Å². The summed E-state index contributed by atoms with van der Waals surface area (Å²) in [7, 11) is -1.26. The van der Waals surface area contributed by atoms with E-state index in [9.17, 15) is 15.1 Å². The predicted molar refractivity (Wildman–Crippen MR) is 60.8 cm³/mol. The molecule has 92 valence electrons. The number of nitriles is 1. The number of nitrogens with zero attached hydrogens (tertiary/aromatic N) is 2. The Morgan fingerprint density at radius 2 is 2.44 bits per heavy atom. The van der Waals surface area contributed by atoms with Gasteiger partial charge >= 0.3 is 7.12 Å². The molecule has 18 heavy (non-hydrogen) atoms. The second-order valence-corrected chi connectivity index (χ2v) is 3.70. The van der Waals surface area contributed by atoms with Crippen LogP contribution >= 0.6 is 0 Å². The summed E-state index contributed by atoms with van der Waals surface area (Å²) in [4.78, 5) is 9.99. The first kappa shape index (κ1) is 12.4. The first-order chi connectivity index (χ1) is 8.63. The lowest BCUT2D eigenvalue weighted by molar-refractivity contribution is -0.490. The fraction of sp³-hybridized carbons (Fsp3) is 0.300. The molecule has 0 fully saturated rings. The highest BCUT2D eigenvalue weighted by atomic mass is 16.6. The lowest BCUT2D eigenvalue weighted by Gasteiger charge is -2.08. The number of rotatable bonds is 4. The predicted octanol–water partition coefficient (Wildman–Crippen LogP) is -0.376. The van der Waals surface area contributed by atoms with Crippen LogP contribution in [0.15, 0.2) is 18.2 Å². The van der Waals surface area contributed by atoms with Gasteiger partial charge in [0, 0.05) is 10.4 Å². The maximum Gasteiger partial charge on any atom is 0.496 e. The molecule has 1 aromatic carbocycles. The number of fused-ring (bicyclic) bond motifs is 1. The molecule has 0 saturated heterocycles. The molecule has 2 rings (SSSR count). The first-order valence-electron chi connectivity index (χ1n) is 5.21. The van der Waals surface area contributed by atoms with Crippen LogP contribution in [0, 0.1) is 21.4 Å². The van der Waals surface area contributed by atoms with E-state index in [4.69, 9.17) is 14.7 Å². The third-order valence-electron chi connectivity index (χ3n) is 2.59. The van der Waals surface area contributed by atoms with Crippen molar-refractivity contribution in [2.24, 2.45) is 0 Å². The van der Waals surface area contributed by atoms with Gasteiger partial charge in [-0.1, -0.05) is 12.1 Å². The van der Waals surface area contributed by atoms with Crippen molar-refractivity contribution in [1.82, 2.24) is 0 Å². The van der Waals surface area contributed by atoms with Gasteiger partial charge in [-0.2, -0.15) is 5.26 Å². The molecule has 1 N–H and O–H groups in total. The minimum absolute atomic E-state index is 0.164.